The number of ether oxygens (including phenoxy) is 2. The third kappa shape index (κ3) is 6.44. The Bertz CT molecular complexity index is 1140. The van der Waals surface area contributed by atoms with Gasteiger partial charge >= 0.3 is 11.8 Å². The molecule has 0 saturated heterocycles. The second-order valence-electron chi connectivity index (χ2n) is 6.52. The highest BCUT2D eigenvalue weighted by Gasteiger charge is 2.23. The van der Waals surface area contributed by atoms with Crippen LogP contribution in [0, 0.1) is 21.4 Å². The first-order chi connectivity index (χ1) is 15.7. The zero-order chi connectivity index (χ0) is 24.5. The summed E-state index contributed by atoms with van der Waals surface area (Å²) in [5.41, 5.74) is -0.585. The predicted molar refractivity (Wildman–Crippen MR) is 119 cm³/mol. The number of hydrogen-bond donors (Lipinski definition) is 1. The Balaban J connectivity index is 2.34. The lowest BCUT2D eigenvalue weighted by Gasteiger charge is -2.17. The summed E-state index contributed by atoms with van der Waals surface area (Å²) < 4.78 is 9.89. The van der Waals surface area contributed by atoms with Gasteiger partial charge < -0.3 is 19.5 Å². The Morgan fingerprint density at radius 3 is 2.52 bits per heavy atom. The SMILES string of the molecule is CCN(CC)C(=O)/C(C#N)=C/c1cc(OC(=O)OCc2ccccc2Cl)c(O)c([N+](=O)[O-])c1. The van der Waals surface area contributed by atoms with Crippen molar-refractivity contribution in [3.63, 3.8) is 0 Å². The van der Waals surface area contributed by atoms with Crippen LogP contribution in [0.5, 0.6) is 11.5 Å². The van der Waals surface area contributed by atoms with E-state index in [9.17, 15) is 30.1 Å². The fourth-order valence-electron chi connectivity index (χ4n) is 2.78. The number of carbonyl (C=O) groups is 2. The summed E-state index contributed by atoms with van der Waals surface area (Å²) in [6.45, 7) is 3.95. The second-order valence-corrected chi connectivity index (χ2v) is 6.93. The van der Waals surface area contributed by atoms with E-state index in [1.165, 1.54) is 4.90 Å². The van der Waals surface area contributed by atoms with E-state index < -0.39 is 34.2 Å². The van der Waals surface area contributed by atoms with E-state index in [-0.39, 0.29) is 17.7 Å². The first-order valence-corrected chi connectivity index (χ1v) is 10.1. The summed E-state index contributed by atoms with van der Waals surface area (Å²) >= 11 is 5.99. The molecule has 0 fully saturated rings. The molecule has 0 unspecified atom stereocenters. The average molecular weight is 474 g/mol. The molecule has 2 rings (SSSR count). The topological polar surface area (TPSA) is 143 Å². The largest absolute Gasteiger partial charge is 0.514 e. The molecule has 2 aromatic rings. The van der Waals surface area contributed by atoms with Gasteiger partial charge in [-0.05, 0) is 37.6 Å². The number of rotatable bonds is 8. The molecule has 11 heteroatoms. The predicted octanol–water partition coefficient (Wildman–Crippen LogP) is 4.44. The monoisotopic (exact) mass is 473 g/mol. The van der Waals surface area contributed by atoms with Gasteiger partial charge in [-0.3, -0.25) is 14.9 Å². The molecule has 0 atom stereocenters. The van der Waals surface area contributed by atoms with Crippen LogP contribution in [0.1, 0.15) is 25.0 Å². The highest BCUT2D eigenvalue weighted by Crippen LogP contribution is 2.38. The minimum Gasteiger partial charge on any atom is -0.499 e. The van der Waals surface area contributed by atoms with Crippen LogP contribution >= 0.6 is 11.6 Å². The van der Waals surface area contributed by atoms with E-state index >= 15 is 0 Å². The van der Waals surface area contributed by atoms with Crippen molar-refractivity contribution in [2.75, 3.05) is 13.1 Å². The molecular formula is C22H20ClN3O7. The summed E-state index contributed by atoms with van der Waals surface area (Å²) in [5, 5.41) is 31.3. The minimum atomic E-state index is -1.25. The van der Waals surface area contributed by atoms with E-state index in [2.05, 4.69) is 0 Å². The van der Waals surface area contributed by atoms with Gasteiger partial charge in [0, 0.05) is 29.7 Å². The first kappa shape index (κ1) is 25.2. The average Bonchev–Trinajstić information content (AvgIpc) is 2.79. The smallest absolute Gasteiger partial charge is 0.499 e. The van der Waals surface area contributed by atoms with Gasteiger partial charge in [0.15, 0.2) is 5.75 Å². The highest BCUT2D eigenvalue weighted by molar-refractivity contribution is 6.31. The maximum Gasteiger partial charge on any atom is 0.514 e. The fourth-order valence-corrected chi connectivity index (χ4v) is 2.97. The number of phenolic OH excluding ortho intramolecular Hbond substituents is 1. The standard InChI is InChI=1S/C22H20ClN3O7/c1-3-25(4-2)21(28)16(12-24)9-14-10-18(26(30)31)20(27)19(11-14)33-22(29)32-13-15-7-5-6-8-17(15)23/h5-11,27H,3-4,13H2,1-2H3/b16-9+. The lowest BCUT2D eigenvalue weighted by atomic mass is 10.1. The summed E-state index contributed by atoms with van der Waals surface area (Å²) in [4.78, 5) is 36.4. The molecule has 0 bridgehead atoms. The van der Waals surface area contributed by atoms with Crippen LogP contribution in [0.3, 0.4) is 0 Å². The van der Waals surface area contributed by atoms with Crippen molar-refractivity contribution in [1.82, 2.24) is 4.90 Å². The van der Waals surface area contributed by atoms with Gasteiger partial charge in [-0.1, -0.05) is 29.8 Å². The second kappa shape index (κ2) is 11.5. The fraction of sp³-hybridized carbons (Fsp3) is 0.227. The molecule has 1 N–H and O–H groups in total. The lowest BCUT2D eigenvalue weighted by molar-refractivity contribution is -0.385. The Kier molecular flexibility index (Phi) is 8.77. The number of hydrogen-bond acceptors (Lipinski definition) is 8. The Hall–Kier alpha value is -4.10. The van der Waals surface area contributed by atoms with Crippen molar-refractivity contribution in [3.8, 4) is 17.6 Å². The molecule has 0 spiro atoms. The van der Waals surface area contributed by atoms with Gasteiger partial charge in [-0.25, -0.2) is 4.79 Å². The zero-order valence-electron chi connectivity index (χ0n) is 17.8. The van der Waals surface area contributed by atoms with Gasteiger partial charge in [-0.2, -0.15) is 5.26 Å². The van der Waals surface area contributed by atoms with Gasteiger partial charge in [0.05, 0.1) is 4.92 Å². The van der Waals surface area contributed by atoms with Gasteiger partial charge in [-0.15, -0.1) is 0 Å². The lowest BCUT2D eigenvalue weighted by Crippen LogP contribution is -2.31. The maximum absolute atomic E-state index is 12.5. The molecule has 0 aliphatic rings. The van der Waals surface area contributed by atoms with Crippen molar-refractivity contribution >= 4 is 35.4 Å². The Morgan fingerprint density at radius 2 is 1.94 bits per heavy atom. The van der Waals surface area contributed by atoms with E-state index in [1.54, 1.807) is 44.2 Å². The molecule has 0 aliphatic carbocycles. The number of nitrogens with zero attached hydrogens (tertiary/aromatic N) is 3. The molecule has 2 aromatic carbocycles. The molecule has 0 radical (unpaired) electrons. The normalized spacial score (nSPS) is 10.8. The minimum absolute atomic E-state index is 0.00883. The van der Waals surface area contributed by atoms with Gasteiger partial charge in [0.1, 0.15) is 18.2 Å². The molecule has 0 aliphatic heterocycles. The molecule has 0 aromatic heterocycles. The highest BCUT2D eigenvalue weighted by atomic mass is 35.5. The molecule has 1 amide bonds. The third-order valence-corrected chi connectivity index (χ3v) is 4.85. The maximum atomic E-state index is 12.5. The van der Waals surface area contributed by atoms with E-state index in [0.717, 1.165) is 18.2 Å². The molecule has 33 heavy (non-hydrogen) atoms. The molecular weight excluding hydrogens is 454 g/mol. The number of amides is 1. The van der Waals surface area contributed by atoms with Gasteiger partial charge in [0.2, 0.25) is 5.75 Å². The van der Waals surface area contributed by atoms with Crippen molar-refractivity contribution in [2.24, 2.45) is 0 Å². The summed E-state index contributed by atoms with van der Waals surface area (Å²) in [6.07, 6.45) is -0.143. The van der Waals surface area contributed by atoms with Crippen LogP contribution < -0.4 is 4.74 Å². The van der Waals surface area contributed by atoms with Gasteiger partial charge in [0.25, 0.3) is 5.91 Å². The van der Waals surface area contributed by atoms with Crippen molar-refractivity contribution < 1.29 is 29.1 Å². The van der Waals surface area contributed by atoms with E-state index in [1.807, 2.05) is 0 Å². The third-order valence-electron chi connectivity index (χ3n) is 4.48. The Labute approximate surface area is 194 Å². The first-order valence-electron chi connectivity index (χ1n) is 9.72. The number of phenols is 1. The van der Waals surface area contributed by atoms with Crippen molar-refractivity contribution in [2.45, 2.75) is 20.5 Å². The van der Waals surface area contributed by atoms with Crippen LogP contribution in [-0.4, -0.2) is 40.1 Å². The number of nitro benzene ring substituents is 1. The molecule has 172 valence electrons. The molecule has 10 nitrogen and oxygen atoms in total. The van der Waals surface area contributed by atoms with Crippen LogP contribution in [0.25, 0.3) is 6.08 Å². The van der Waals surface area contributed by atoms with Crippen LogP contribution in [0.15, 0.2) is 42.0 Å². The summed E-state index contributed by atoms with van der Waals surface area (Å²) in [5.74, 6) is -2.06. The number of benzene rings is 2. The van der Waals surface area contributed by atoms with Crippen LogP contribution in [-0.2, 0) is 16.1 Å². The van der Waals surface area contributed by atoms with Crippen LogP contribution in [0.4, 0.5) is 10.5 Å². The number of halogens is 1. The summed E-state index contributed by atoms with van der Waals surface area (Å²) in [7, 11) is 0. The number of nitro groups is 1. The number of carbonyl (C=O) groups excluding carboxylic acids is 2. The van der Waals surface area contributed by atoms with Crippen molar-refractivity contribution in [1.29, 1.82) is 5.26 Å². The quantitative estimate of drug-likeness (QED) is 0.148. The van der Waals surface area contributed by atoms with E-state index in [0.29, 0.717) is 23.7 Å². The molecule has 0 heterocycles. The van der Waals surface area contributed by atoms with Crippen molar-refractivity contribution in [3.05, 3.63) is 68.2 Å². The number of aromatic hydroxyl groups is 1. The number of nitriles is 1. The zero-order valence-corrected chi connectivity index (χ0v) is 18.5. The Morgan fingerprint density at radius 1 is 1.27 bits per heavy atom. The van der Waals surface area contributed by atoms with Crippen LogP contribution in [0.2, 0.25) is 5.02 Å². The number of likely N-dealkylation sites (N-methyl/N-ethyl adjacent to an activating group) is 1. The summed E-state index contributed by atoms with van der Waals surface area (Å²) in [6, 6.07) is 10.4. The molecule has 0 saturated carbocycles. The van der Waals surface area contributed by atoms with E-state index in [4.69, 9.17) is 21.1 Å².